The Labute approximate surface area is 117 Å². The molecule has 0 radical (unpaired) electrons. The van der Waals surface area contributed by atoms with Gasteiger partial charge in [-0.25, -0.2) is 8.78 Å². The summed E-state index contributed by atoms with van der Waals surface area (Å²) in [7, 11) is 0. The SMILES string of the molecule is CCCC1(C(=O)O)CCCN1Cc1c(F)cccc1F. The molecule has 1 aliphatic heterocycles. The third-order valence-corrected chi connectivity index (χ3v) is 4.10. The van der Waals surface area contributed by atoms with Gasteiger partial charge in [0.05, 0.1) is 0 Å². The van der Waals surface area contributed by atoms with Crippen molar-refractivity contribution < 1.29 is 18.7 Å². The van der Waals surface area contributed by atoms with Crippen LogP contribution in [0.25, 0.3) is 0 Å². The monoisotopic (exact) mass is 283 g/mol. The van der Waals surface area contributed by atoms with Crippen LogP contribution in [-0.4, -0.2) is 28.1 Å². The number of carboxylic acids is 1. The Kier molecular flexibility index (Phi) is 4.38. The Bertz CT molecular complexity index is 486. The van der Waals surface area contributed by atoms with Crippen molar-refractivity contribution in [1.82, 2.24) is 4.90 Å². The van der Waals surface area contributed by atoms with E-state index in [1.165, 1.54) is 18.2 Å². The molecule has 1 fully saturated rings. The van der Waals surface area contributed by atoms with Gasteiger partial charge in [0.15, 0.2) is 0 Å². The highest BCUT2D eigenvalue weighted by molar-refractivity contribution is 5.79. The molecule has 1 heterocycles. The van der Waals surface area contributed by atoms with Crippen LogP contribution in [0, 0.1) is 11.6 Å². The number of likely N-dealkylation sites (tertiary alicyclic amines) is 1. The van der Waals surface area contributed by atoms with Crippen LogP contribution in [0.4, 0.5) is 8.78 Å². The molecule has 1 aromatic rings. The van der Waals surface area contributed by atoms with E-state index < -0.39 is 23.1 Å². The van der Waals surface area contributed by atoms with Gasteiger partial charge in [-0.05, 0) is 37.9 Å². The lowest BCUT2D eigenvalue weighted by atomic mass is 9.90. The lowest BCUT2D eigenvalue weighted by Crippen LogP contribution is -2.50. The first kappa shape index (κ1) is 14.9. The summed E-state index contributed by atoms with van der Waals surface area (Å²) in [6.07, 6.45) is 2.50. The number of rotatable bonds is 5. The molecule has 110 valence electrons. The minimum absolute atomic E-state index is 0.00477. The molecule has 1 aromatic carbocycles. The predicted molar refractivity (Wildman–Crippen MR) is 71.3 cm³/mol. The van der Waals surface area contributed by atoms with Crippen molar-refractivity contribution in [3.8, 4) is 0 Å². The van der Waals surface area contributed by atoms with Crippen LogP contribution < -0.4 is 0 Å². The van der Waals surface area contributed by atoms with Crippen molar-refractivity contribution in [2.24, 2.45) is 0 Å². The first-order valence-electron chi connectivity index (χ1n) is 6.92. The van der Waals surface area contributed by atoms with E-state index in [-0.39, 0.29) is 12.1 Å². The summed E-state index contributed by atoms with van der Waals surface area (Å²) in [6.45, 7) is 2.48. The van der Waals surface area contributed by atoms with Gasteiger partial charge >= 0.3 is 5.97 Å². The zero-order chi connectivity index (χ0) is 14.8. The number of nitrogens with zero attached hydrogens (tertiary/aromatic N) is 1. The second-order valence-corrected chi connectivity index (χ2v) is 5.31. The first-order chi connectivity index (χ1) is 9.51. The fourth-order valence-electron chi connectivity index (χ4n) is 3.08. The van der Waals surface area contributed by atoms with Crippen molar-refractivity contribution >= 4 is 5.97 Å². The minimum Gasteiger partial charge on any atom is -0.480 e. The summed E-state index contributed by atoms with van der Waals surface area (Å²) in [5, 5.41) is 9.55. The molecule has 20 heavy (non-hydrogen) atoms. The maximum Gasteiger partial charge on any atom is 0.324 e. The Hall–Kier alpha value is -1.49. The van der Waals surface area contributed by atoms with Crippen molar-refractivity contribution in [1.29, 1.82) is 0 Å². The average molecular weight is 283 g/mol. The first-order valence-corrected chi connectivity index (χ1v) is 6.92. The Morgan fingerprint density at radius 2 is 2.05 bits per heavy atom. The number of hydrogen-bond donors (Lipinski definition) is 1. The van der Waals surface area contributed by atoms with Crippen molar-refractivity contribution in [2.45, 2.75) is 44.7 Å². The molecule has 1 aliphatic rings. The molecule has 0 amide bonds. The van der Waals surface area contributed by atoms with Crippen molar-refractivity contribution in [2.75, 3.05) is 6.54 Å². The summed E-state index contributed by atoms with van der Waals surface area (Å²) >= 11 is 0. The number of halogens is 2. The van der Waals surface area contributed by atoms with E-state index in [0.29, 0.717) is 19.4 Å². The number of hydrogen-bond acceptors (Lipinski definition) is 2. The Morgan fingerprint density at radius 1 is 1.40 bits per heavy atom. The molecule has 1 N–H and O–H groups in total. The van der Waals surface area contributed by atoms with Crippen LogP contribution >= 0.6 is 0 Å². The summed E-state index contributed by atoms with van der Waals surface area (Å²) in [5.41, 5.74) is -1.03. The summed E-state index contributed by atoms with van der Waals surface area (Å²) < 4.78 is 27.5. The van der Waals surface area contributed by atoms with Gasteiger partial charge in [0.2, 0.25) is 0 Å². The largest absolute Gasteiger partial charge is 0.480 e. The lowest BCUT2D eigenvalue weighted by Gasteiger charge is -2.34. The second-order valence-electron chi connectivity index (χ2n) is 5.31. The van der Waals surface area contributed by atoms with Gasteiger partial charge in [-0.3, -0.25) is 9.69 Å². The van der Waals surface area contributed by atoms with Crippen LogP contribution in [0.3, 0.4) is 0 Å². The van der Waals surface area contributed by atoms with E-state index in [0.717, 1.165) is 12.8 Å². The van der Waals surface area contributed by atoms with Gasteiger partial charge in [0, 0.05) is 12.1 Å². The van der Waals surface area contributed by atoms with Crippen molar-refractivity contribution in [3.05, 3.63) is 35.4 Å². The maximum atomic E-state index is 13.7. The molecule has 0 spiro atoms. The van der Waals surface area contributed by atoms with Crippen LogP contribution in [0.1, 0.15) is 38.2 Å². The van der Waals surface area contributed by atoms with Crippen LogP contribution in [0.2, 0.25) is 0 Å². The van der Waals surface area contributed by atoms with Crippen LogP contribution in [0.5, 0.6) is 0 Å². The van der Waals surface area contributed by atoms with Crippen LogP contribution in [-0.2, 0) is 11.3 Å². The van der Waals surface area contributed by atoms with E-state index >= 15 is 0 Å². The quantitative estimate of drug-likeness (QED) is 0.902. The maximum absolute atomic E-state index is 13.7. The number of carboxylic acid groups (broad SMARTS) is 1. The minimum atomic E-state index is -0.983. The van der Waals surface area contributed by atoms with Crippen LogP contribution in [0.15, 0.2) is 18.2 Å². The normalized spacial score (nSPS) is 23.1. The molecule has 5 heteroatoms. The topological polar surface area (TPSA) is 40.5 Å². The Morgan fingerprint density at radius 3 is 2.60 bits per heavy atom. The summed E-state index contributed by atoms with van der Waals surface area (Å²) in [5.74, 6) is -2.13. The molecule has 3 nitrogen and oxygen atoms in total. The van der Waals surface area contributed by atoms with E-state index in [9.17, 15) is 18.7 Å². The average Bonchev–Trinajstić information content (AvgIpc) is 2.79. The molecule has 1 unspecified atom stereocenters. The summed E-state index contributed by atoms with van der Waals surface area (Å²) in [4.78, 5) is 13.4. The molecular formula is C15H19F2NO2. The molecule has 2 rings (SSSR count). The zero-order valence-electron chi connectivity index (χ0n) is 11.5. The fourth-order valence-corrected chi connectivity index (χ4v) is 3.08. The number of aliphatic carboxylic acids is 1. The van der Waals surface area contributed by atoms with E-state index in [2.05, 4.69) is 0 Å². The lowest BCUT2D eigenvalue weighted by molar-refractivity contribution is -0.150. The molecule has 0 bridgehead atoms. The number of benzene rings is 1. The molecule has 1 saturated heterocycles. The molecule has 0 aliphatic carbocycles. The molecule has 1 atom stereocenters. The van der Waals surface area contributed by atoms with Crippen molar-refractivity contribution in [3.63, 3.8) is 0 Å². The van der Waals surface area contributed by atoms with Gasteiger partial charge in [-0.15, -0.1) is 0 Å². The standard InChI is InChI=1S/C15H19F2NO2/c1-2-7-15(14(19)20)8-4-9-18(15)10-11-12(16)5-3-6-13(11)17/h3,5-6H,2,4,7-10H2,1H3,(H,19,20). The van der Waals surface area contributed by atoms with Gasteiger partial charge in [0.1, 0.15) is 17.2 Å². The molecule has 0 aromatic heterocycles. The highest BCUT2D eigenvalue weighted by Gasteiger charge is 2.46. The summed E-state index contributed by atoms with van der Waals surface area (Å²) in [6, 6.07) is 3.72. The highest BCUT2D eigenvalue weighted by Crippen LogP contribution is 2.35. The van der Waals surface area contributed by atoms with Gasteiger partial charge in [-0.2, -0.15) is 0 Å². The second kappa shape index (κ2) is 5.87. The third kappa shape index (κ3) is 2.54. The molecular weight excluding hydrogens is 264 g/mol. The molecule has 0 saturated carbocycles. The highest BCUT2D eigenvalue weighted by atomic mass is 19.1. The van der Waals surface area contributed by atoms with Gasteiger partial charge in [-0.1, -0.05) is 19.4 Å². The fraction of sp³-hybridized carbons (Fsp3) is 0.533. The van der Waals surface area contributed by atoms with Gasteiger partial charge < -0.3 is 5.11 Å². The zero-order valence-corrected chi connectivity index (χ0v) is 11.5. The third-order valence-electron chi connectivity index (χ3n) is 4.10. The van der Waals surface area contributed by atoms with E-state index in [1.54, 1.807) is 4.90 Å². The van der Waals surface area contributed by atoms with E-state index in [1.807, 2.05) is 6.92 Å². The smallest absolute Gasteiger partial charge is 0.324 e. The Balaban J connectivity index is 2.29. The number of carbonyl (C=O) groups is 1. The predicted octanol–water partition coefficient (Wildman–Crippen LogP) is 3.18. The van der Waals surface area contributed by atoms with Gasteiger partial charge in [0.25, 0.3) is 0 Å². The van der Waals surface area contributed by atoms with E-state index in [4.69, 9.17) is 0 Å².